The van der Waals surface area contributed by atoms with Crippen LogP contribution >= 0.6 is 11.3 Å². The van der Waals surface area contributed by atoms with E-state index in [4.69, 9.17) is 0 Å². The Hall–Kier alpha value is -1.89. The van der Waals surface area contributed by atoms with E-state index in [0.29, 0.717) is 5.92 Å². The van der Waals surface area contributed by atoms with Crippen LogP contribution in [0.2, 0.25) is 0 Å². The number of aryl methyl sites for hydroxylation is 2. The molecule has 0 radical (unpaired) electrons. The quantitative estimate of drug-likeness (QED) is 0.841. The van der Waals surface area contributed by atoms with Crippen LogP contribution in [0, 0.1) is 25.7 Å². The lowest BCUT2D eigenvalue weighted by Gasteiger charge is -2.31. The van der Waals surface area contributed by atoms with Gasteiger partial charge >= 0.3 is 0 Å². The van der Waals surface area contributed by atoms with Crippen LogP contribution in [0.15, 0.2) is 12.1 Å². The molecular weight excluding hydrogens is 346 g/mol. The van der Waals surface area contributed by atoms with Crippen molar-refractivity contribution in [2.24, 2.45) is 11.8 Å². The first-order valence-corrected chi connectivity index (χ1v) is 10.3. The van der Waals surface area contributed by atoms with Crippen molar-refractivity contribution in [2.75, 3.05) is 24.5 Å². The number of nitrogens with one attached hydrogen (secondary N) is 1. The van der Waals surface area contributed by atoms with Gasteiger partial charge in [-0.1, -0.05) is 25.2 Å². The Morgan fingerprint density at radius 3 is 2.65 bits per heavy atom. The van der Waals surface area contributed by atoms with E-state index in [0.717, 1.165) is 60.5 Å². The van der Waals surface area contributed by atoms with Crippen molar-refractivity contribution in [2.45, 2.75) is 47.0 Å². The molecule has 26 heavy (non-hydrogen) atoms. The fourth-order valence-electron chi connectivity index (χ4n) is 3.39. The van der Waals surface area contributed by atoms with Gasteiger partial charge in [0.2, 0.25) is 16.2 Å². The largest absolute Gasteiger partial charge is 0.356 e. The minimum atomic E-state index is 0.0401. The molecular formula is C19H29N5OS. The summed E-state index contributed by atoms with van der Waals surface area (Å²) in [5.74, 6) is 0.828. The lowest BCUT2D eigenvalue weighted by Crippen LogP contribution is -2.43. The van der Waals surface area contributed by atoms with E-state index in [1.165, 1.54) is 0 Å². The number of anilines is 1. The molecule has 0 aromatic carbocycles. The van der Waals surface area contributed by atoms with Crippen molar-refractivity contribution in [3.8, 4) is 5.13 Å². The molecule has 0 saturated carbocycles. The smallest absolute Gasteiger partial charge is 0.224 e. The Morgan fingerprint density at radius 1 is 1.27 bits per heavy atom. The molecule has 0 spiro atoms. The van der Waals surface area contributed by atoms with Crippen molar-refractivity contribution in [3.05, 3.63) is 23.5 Å². The Labute approximate surface area is 159 Å². The first-order chi connectivity index (χ1) is 12.5. The Morgan fingerprint density at radius 2 is 1.96 bits per heavy atom. The molecule has 142 valence electrons. The van der Waals surface area contributed by atoms with Crippen molar-refractivity contribution in [3.63, 3.8) is 0 Å². The maximum atomic E-state index is 12.5. The summed E-state index contributed by atoms with van der Waals surface area (Å²) >= 11 is 1.60. The van der Waals surface area contributed by atoms with E-state index in [-0.39, 0.29) is 11.8 Å². The number of hydrogen-bond acceptors (Lipinski definition) is 5. The monoisotopic (exact) mass is 375 g/mol. The Balaban J connectivity index is 1.64. The second-order valence-corrected chi connectivity index (χ2v) is 8.51. The van der Waals surface area contributed by atoms with Gasteiger partial charge < -0.3 is 10.2 Å². The van der Waals surface area contributed by atoms with Crippen LogP contribution in [0.4, 0.5) is 5.13 Å². The molecule has 1 atom stereocenters. The highest BCUT2D eigenvalue weighted by Crippen LogP contribution is 2.29. The number of aromatic nitrogens is 3. The van der Waals surface area contributed by atoms with Gasteiger partial charge in [0.25, 0.3) is 0 Å². The van der Waals surface area contributed by atoms with E-state index >= 15 is 0 Å². The van der Waals surface area contributed by atoms with E-state index in [1.807, 2.05) is 0 Å². The SMILES string of the molecule is Cc1ccc(C)n1-c1nnc(N2CCC[C@@H](C(=O)NCCC(C)C)C2)s1. The average molecular weight is 376 g/mol. The van der Waals surface area contributed by atoms with Crippen molar-refractivity contribution in [1.82, 2.24) is 20.1 Å². The van der Waals surface area contributed by atoms with Gasteiger partial charge in [-0.3, -0.25) is 9.36 Å². The molecule has 3 rings (SSSR count). The third kappa shape index (κ3) is 4.26. The van der Waals surface area contributed by atoms with Gasteiger partial charge in [0, 0.05) is 31.0 Å². The fourth-order valence-corrected chi connectivity index (χ4v) is 4.39. The van der Waals surface area contributed by atoms with Gasteiger partial charge in [-0.25, -0.2) is 0 Å². The molecule has 3 heterocycles. The first-order valence-electron chi connectivity index (χ1n) is 9.47. The lowest BCUT2D eigenvalue weighted by molar-refractivity contribution is -0.125. The minimum absolute atomic E-state index is 0.0401. The van der Waals surface area contributed by atoms with E-state index in [2.05, 4.69) is 64.8 Å². The number of amides is 1. The molecule has 0 bridgehead atoms. The van der Waals surface area contributed by atoms with Gasteiger partial charge in [-0.15, -0.1) is 10.2 Å². The normalized spacial score (nSPS) is 17.7. The molecule has 1 amide bonds. The van der Waals surface area contributed by atoms with E-state index in [1.54, 1.807) is 11.3 Å². The Bertz CT molecular complexity index is 731. The standard InChI is InChI=1S/C19H29N5OS/c1-13(2)9-10-20-17(25)16-6-5-11-23(12-16)18-21-22-19(26-18)24-14(3)7-8-15(24)4/h7-8,13,16H,5-6,9-12H2,1-4H3,(H,20,25)/t16-/m1/s1. The number of rotatable bonds is 6. The second kappa shape index (κ2) is 8.20. The molecule has 0 aliphatic carbocycles. The molecule has 2 aromatic heterocycles. The van der Waals surface area contributed by atoms with Crippen LogP contribution in [0.5, 0.6) is 0 Å². The van der Waals surface area contributed by atoms with Crippen LogP contribution in [0.25, 0.3) is 5.13 Å². The highest BCUT2D eigenvalue weighted by molar-refractivity contribution is 7.17. The number of nitrogens with zero attached hydrogens (tertiary/aromatic N) is 4. The highest BCUT2D eigenvalue weighted by Gasteiger charge is 2.27. The molecule has 1 aliphatic rings. The number of carbonyl (C=O) groups excluding carboxylic acids is 1. The molecule has 2 aromatic rings. The topological polar surface area (TPSA) is 63.1 Å². The van der Waals surface area contributed by atoms with Gasteiger partial charge in [-0.05, 0) is 51.2 Å². The van der Waals surface area contributed by atoms with Crippen molar-refractivity contribution < 1.29 is 4.79 Å². The summed E-state index contributed by atoms with van der Waals surface area (Å²) in [6.07, 6.45) is 2.99. The van der Waals surface area contributed by atoms with Crippen LogP contribution in [0.3, 0.4) is 0 Å². The zero-order valence-corrected chi connectivity index (χ0v) is 17.0. The molecule has 1 aliphatic heterocycles. The summed E-state index contributed by atoms with van der Waals surface area (Å²) < 4.78 is 2.13. The number of piperidine rings is 1. The molecule has 1 saturated heterocycles. The van der Waals surface area contributed by atoms with Crippen LogP contribution in [-0.4, -0.2) is 40.3 Å². The van der Waals surface area contributed by atoms with Crippen molar-refractivity contribution in [1.29, 1.82) is 0 Å². The summed E-state index contributed by atoms with van der Waals surface area (Å²) in [5, 5.41) is 13.7. The summed E-state index contributed by atoms with van der Waals surface area (Å²) in [4.78, 5) is 14.7. The highest BCUT2D eigenvalue weighted by atomic mass is 32.1. The second-order valence-electron chi connectivity index (χ2n) is 7.58. The summed E-state index contributed by atoms with van der Waals surface area (Å²) in [5.41, 5.74) is 2.32. The third-order valence-corrected chi connectivity index (χ3v) is 5.92. The first kappa shape index (κ1) is 18.9. The maximum absolute atomic E-state index is 12.5. The molecule has 7 heteroatoms. The van der Waals surface area contributed by atoms with Gasteiger partial charge in [0.05, 0.1) is 5.92 Å². The van der Waals surface area contributed by atoms with Crippen LogP contribution in [0.1, 0.15) is 44.5 Å². The zero-order valence-electron chi connectivity index (χ0n) is 16.2. The third-order valence-electron chi connectivity index (χ3n) is 4.95. The zero-order chi connectivity index (χ0) is 18.7. The molecule has 0 unspecified atom stereocenters. The lowest BCUT2D eigenvalue weighted by atomic mass is 9.97. The maximum Gasteiger partial charge on any atom is 0.224 e. The average Bonchev–Trinajstić information content (AvgIpc) is 3.21. The van der Waals surface area contributed by atoms with Crippen LogP contribution in [-0.2, 0) is 4.79 Å². The minimum Gasteiger partial charge on any atom is -0.356 e. The summed E-state index contributed by atoms with van der Waals surface area (Å²) in [6, 6.07) is 4.18. The van der Waals surface area contributed by atoms with E-state index < -0.39 is 0 Å². The number of carbonyl (C=O) groups is 1. The molecule has 6 nitrogen and oxygen atoms in total. The van der Waals surface area contributed by atoms with Crippen LogP contribution < -0.4 is 10.2 Å². The van der Waals surface area contributed by atoms with Gasteiger partial charge in [0.15, 0.2) is 0 Å². The Kier molecular flexibility index (Phi) is 5.96. The molecule has 1 fully saturated rings. The van der Waals surface area contributed by atoms with Gasteiger partial charge in [-0.2, -0.15) is 0 Å². The predicted molar refractivity (Wildman–Crippen MR) is 106 cm³/mol. The number of hydrogen-bond donors (Lipinski definition) is 1. The van der Waals surface area contributed by atoms with Crippen molar-refractivity contribution >= 4 is 22.4 Å². The summed E-state index contributed by atoms with van der Waals surface area (Å²) in [7, 11) is 0. The van der Waals surface area contributed by atoms with Gasteiger partial charge in [0.1, 0.15) is 0 Å². The summed E-state index contributed by atoms with van der Waals surface area (Å²) in [6.45, 7) is 10.9. The fraction of sp³-hybridized carbons (Fsp3) is 0.632. The molecule has 1 N–H and O–H groups in total. The predicted octanol–water partition coefficient (Wildman–Crippen LogP) is 3.32. The van der Waals surface area contributed by atoms with E-state index in [9.17, 15) is 4.79 Å².